The normalized spacial score (nSPS) is 26.5. The molecule has 33 heavy (non-hydrogen) atoms. The van der Waals surface area contributed by atoms with Crippen molar-refractivity contribution in [1.82, 2.24) is 9.97 Å². The zero-order valence-corrected chi connectivity index (χ0v) is 20.0. The van der Waals surface area contributed by atoms with E-state index in [2.05, 4.69) is 47.3 Å². The van der Waals surface area contributed by atoms with Gasteiger partial charge in [-0.1, -0.05) is 38.1 Å². The minimum atomic E-state index is -3.92. The maximum absolute atomic E-state index is 11.0. The van der Waals surface area contributed by atoms with Crippen molar-refractivity contribution in [3.63, 3.8) is 0 Å². The molecule has 0 unspecified atom stereocenters. The third-order valence-electron chi connectivity index (χ3n) is 6.60. The van der Waals surface area contributed by atoms with Crippen molar-refractivity contribution in [3.8, 4) is 5.88 Å². The quantitative estimate of drug-likeness (QED) is 0.595. The summed E-state index contributed by atoms with van der Waals surface area (Å²) in [6, 6.07) is 10.2. The molecule has 1 aromatic carbocycles. The first-order chi connectivity index (χ1) is 15.6. The van der Waals surface area contributed by atoms with E-state index in [-0.39, 0.29) is 36.2 Å². The number of aromatic nitrogens is 2. The van der Waals surface area contributed by atoms with Crippen LogP contribution in [0.3, 0.4) is 0 Å². The van der Waals surface area contributed by atoms with E-state index in [0.717, 1.165) is 19.3 Å². The minimum Gasteiger partial charge on any atom is -0.474 e. The number of nitrogens with one attached hydrogen (secondary N) is 1. The van der Waals surface area contributed by atoms with Gasteiger partial charge in [0.25, 0.3) is 0 Å². The number of methoxy groups -OCH3 is 1. The molecule has 4 rings (SSSR count). The first-order valence-electron chi connectivity index (χ1n) is 11.2. The van der Waals surface area contributed by atoms with Gasteiger partial charge in [-0.15, -0.1) is 0 Å². The number of hydrogen-bond donors (Lipinski definition) is 2. The molecule has 1 saturated carbocycles. The summed E-state index contributed by atoms with van der Waals surface area (Å²) in [5.41, 5.74) is 2.52. The number of benzene rings is 1. The number of fused-ring (bicyclic) bond motifs is 1. The van der Waals surface area contributed by atoms with Crippen molar-refractivity contribution in [2.24, 2.45) is 11.1 Å². The topological polar surface area (TPSA) is 126 Å². The molecule has 2 aliphatic rings. The highest BCUT2D eigenvalue weighted by Crippen LogP contribution is 2.43. The SMILES string of the molecule is CO[C@H]1CC(C)(C)c2ccccc2[C@H]1Nc1cc(O[C@H]2CC[C@H](COS(N)(=O)=O)C2)ncn1. The fourth-order valence-electron chi connectivity index (χ4n) is 5.00. The van der Waals surface area contributed by atoms with E-state index < -0.39 is 10.3 Å². The van der Waals surface area contributed by atoms with Crippen molar-refractivity contribution in [2.45, 2.75) is 63.2 Å². The van der Waals surface area contributed by atoms with Crippen LogP contribution in [-0.4, -0.2) is 44.3 Å². The monoisotopic (exact) mass is 476 g/mol. The van der Waals surface area contributed by atoms with E-state index in [4.69, 9.17) is 18.8 Å². The van der Waals surface area contributed by atoms with Crippen LogP contribution in [0.4, 0.5) is 5.82 Å². The summed E-state index contributed by atoms with van der Waals surface area (Å²) in [7, 11) is -2.18. The first kappa shape index (κ1) is 23.9. The van der Waals surface area contributed by atoms with Crippen LogP contribution in [0.15, 0.2) is 36.7 Å². The van der Waals surface area contributed by atoms with Crippen molar-refractivity contribution < 1.29 is 22.1 Å². The van der Waals surface area contributed by atoms with Crippen LogP contribution in [0.2, 0.25) is 0 Å². The Bertz CT molecular complexity index is 1080. The average Bonchev–Trinajstić information content (AvgIpc) is 3.21. The van der Waals surface area contributed by atoms with Gasteiger partial charge in [-0.2, -0.15) is 8.42 Å². The van der Waals surface area contributed by atoms with E-state index in [1.807, 2.05) is 6.07 Å². The molecule has 0 bridgehead atoms. The van der Waals surface area contributed by atoms with Crippen LogP contribution < -0.4 is 15.2 Å². The molecule has 0 amide bonds. The number of hydrogen-bond acceptors (Lipinski definition) is 8. The largest absolute Gasteiger partial charge is 0.474 e. The van der Waals surface area contributed by atoms with E-state index in [0.29, 0.717) is 18.1 Å². The smallest absolute Gasteiger partial charge is 0.333 e. The Morgan fingerprint density at radius 3 is 2.76 bits per heavy atom. The minimum absolute atomic E-state index is 0.0105. The van der Waals surface area contributed by atoms with E-state index >= 15 is 0 Å². The van der Waals surface area contributed by atoms with E-state index in [1.54, 1.807) is 13.2 Å². The summed E-state index contributed by atoms with van der Waals surface area (Å²) in [4.78, 5) is 8.66. The van der Waals surface area contributed by atoms with Gasteiger partial charge in [0.05, 0.1) is 18.8 Å². The van der Waals surface area contributed by atoms with Gasteiger partial charge in [-0.05, 0) is 48.1 Å². The molecule has 4 atom stereocenters. The second-order valence-corrected chi connectivity index (χ2v) is 10.7. The Balaban J connectivity index is 1.44. The molecular weight excluding hydrogens is 444 g/mol. The third kappa shape index (κ3) is 5.81. The Kier molecular flexibility index (Phi) is 6.90. The van der Waals surface area contributed by atoms with Gasteiger partial charge in [0.2, 0.25) is 5.88 Å². The van der Waals surface area contributed by atoms with Crippen LogP contribution in [0, 0.1) is 5.92 Å². The predicted molar refractivity (Wildman–Crippen MR) is 124 cm³/mol. The number of anilines is 1. The molecule has 0 saturated heterocycles. The number of nitrogens with zero attached hydrogens (tertiary/aromatic N) is 2. The molecule has 1 fully saturated rings. The highest BCUT2D eigenvalue weighted by molar-refractivity contribution is 7.84. The van der Waals surface area contributed by atoms with Crippen molar-refractivity contribution >= 4 is 16.1 Å². The molecule has 0 aliphatic heterocycles. The molecule has 10 heteroatoms. The van der Waals surface area contributed by atoms with Gasteiger partial charge in [0.1, 0.15) is 18.2 Å². The number of nitrogens with two attached hydrogens (primary N) is 1. The molecule has 0 radical (unpaired) electrons. The maximum Gasteiger partial charge on any atom is 0.333 e. The lowest BCUT2D eigenvalue weighted by Gasteiger charge is -2.42. The van der Waals surface area contributed by atoms with Crippen LogP contribution in [-0.2, 0) is 24.6 Å². The molecule has 9 nitrogen and oxygen atoms in total. The van der Waals surface area contributed by atoms with E-state index in [9.17, 15) is 8.42 Å². The van der Waals surface area contributed by atoms with Crippen LogP contribution in [0.5, 0.6) is 5.88 Å². The average molecular weight is 477 g/mol. The summed E-state index contributed by atoms with van der Waals surface area (Å²) in [5.74, 6) is 1.22. The van der Waals surface area contributed by atoms with E-state index in [1.165, 1.54) is 17.5 Å². The summed E-state index contributed by atoms with van der Waals surface area (Å²) >= 11 is 0. The number of rotatable bonds is 8. The van der Waals surface area contributed by atoms with Crippen molar-refractivity contribution in [1.29, 1.82) is 0 Å². The second-order valence-electron chi connectivity index (χ2n) is 9.51. The molecule has 3 N–H and O–H groups in total. The molecular formula is C23H32N4O5S. The summed E-state index contributed by atoms with van der Waals surface area (Å²) in [5, 5.41) is 8.45. The Morgan fingerprint density at radius 2 is 2.00 bits per heavy atom. The first-order valence-corrected chi connectivity index (χ1v) is 12.7. The van der Waals surface area contributed by atoms with Gasteiger partial charge in [-0.25, -0.2) is 15.1 Å². The standard InChI is InChI=1S/C23H32N4O5S/c1-23(2)12-19(30-3)22(17-6-4-5-7-18(17)23)27-20-11-21(26-14-25-20)32-16-9-8-15(10-16)13-31-33(24,28)29/h4-7,11,14-16,19,22H,8-10,12-13H2,1-3H3,(H2,24,28,29)(H,25,26,27)/t15-,16-,19-,22+/m0/s1. The predicted octanol–water partition coefficient (Wildman–Crippen LogP) is 3.09. The maximum atomic E-state index is 11.0. The molecule has 2 aliphatic carbocycles. The lowest BCUT2D eigenvalue weighted by Crippen LogP contribution is -2.40. The van der Waals surface area contributed by atoms with Gasteiger partial charge < -0.3 is 14.8 Å². The molecule has 2 aromatic rings. The molecule has 1 aromatic heterocycles. The summed E-state index contributed by atoms with van der Waals surface area (Å²) in [6.07, 6.45) is 4.57. The third-order valence-corrected chi connectivity index (χ3v) is 7.07. The Labute approximate surface area is 195 Å². The highest BCUT2D eigenvalue weighted by Gasteiger charge is 2.39. The fourth-order valence-corrected chi connectivity index (χ4v) is 5.38. The molecule has 180 valence electrons. The molecule has 1 heterocycles. The lowest BCUT2D eigenvalue weighted by atomic mass is 9.69. The zero-order chi connectivity index (χ0) is 23.6. The molecule has 0 spiro atoms. The van der Waals surface area contributed by atoms with Crippen LogP contribution >= 0.6 is 0 Å². The van der Waals surface area contributed by atoms with Crippen LogP contribution in [0.1, 0.15) is 56.7 Å². The van der Waals surface area contributed by atoms with Gasteiger partial charge in [-0.3, -0.25) is 4.18 Å². The Hall–Kier alpha value is -2.27. The van der Waals surface area contributed by atoms with Gasteiger partial charge in [0.15, 0.2) is 0 Å². The second kappa shape index (κ2) is 9.54. The lowest BCUT2D eigenvalue weighted by molar-refractivity contribution is 0.0532. The van der Waals surface area contributed by atoms with Crippen molar-refractivity contribution in [3.05, 3.63) is 47.8 Å². The van der Waals surface area contributed by atoms with Crippen LogP contribution in [0.25, 0.3) is 0 Å². The fraction of sp³-hybridized carbons (Fsp3) is 0.565. The van der Waals surface area contributed by atoms with Crippen molar-refractivity contribution in [2.75, 3.05) is 19.0 Å². The van der Waals surface area contributed by atoms with Gasteiger partial charge >= 0.3 is 10.3 Å². The zero-order valence-electron chi connectivity index (χ0n) is 19.2. The van der Waals surface area contributed by atoms with Gasteiger partial charge in [0, 0.05) is 13.2 Å². The summed E-state index contributed by atoms with van der Waals surface area (Å²) < 4.78 is 38.7. The highest BCUT2D eigenvalue weighted by atomic mass is 32.2. The number of ether oxygens (including phenoxy) is 2. The Morgan fingerprint density at radius 1 is 1.21 bits per heavy atom. The summed E-state index contributed by atoms with van der Waals surface area (Å²) in [6.45, 7) is 4.56.